The summed E-state index contributed by atoms with van der Waals surface area (Å²) in [7, 11) is 1.97. The maximum atomic E-state index is 12.5. The standard InChI is InChI=1S/C14H26N2OS/c1-10(7-8-18-3)16(2)14(17)13-12-6-4-5-11(12)9-15-13/h10-13,15H,4-9H2,1-3H3. The molecule has 18 heavy (non-hydrogen) atoms. The molecule has 2 aliphatic rings. The van der Waals surface area contributed by atoms with Crippen molar-refractivity contribution in [2.45, 2.75) is 44.7 Å². The van der Waals surface area contributed by atoms with Crippen LogP contribution in [0.1, 0.15) is 32.6 Å². The highest BCUT2D eigenvalue weighted by atomic mass is 32.2. The van der Waals surface area contributed by atoms with Gasteiger partial charge in [0.15, 0.2) is 0 Å². The van der Waals surface area contributed by atoms with Crippen LogP contribution in [-0.2, 0) is 4.79 Å². The van der Waals surface area contributed by atoms with Gasteiger partial charge in [0, 0.05) is 13.1 Å². The number of thioether (sulfide) groups is 1. The summed E-state index contributed by atoms with van der Waals surface area (Å²) in [6, 6.07) is 0.450. The van der Waals surface area contributed by atoms with Crippen molar-refractivity contribution in [1.29, 1.82) is 0 Å². The predicted octanol–water partition coefficient (Wildman–Crippen LogP) is 1.97. The van der Waals surface area contributed by atoms with E-state index in [0.29, 0.717) is 17.9 Å². The minimum absolute atomic E-state index is 0.0965. The van der Waals surface area contributed by atoms with Crippen molar-refractivity contribution in [2.24, 2.45) is 11.8 Å². The van der Waals surface area contributed by atoms with E-state index < -0.39 is 0 Å². The summed E-state index contributed by atoms with van der Waals surface area (Å²) in [5.41, 5.74) is 0. The first-order chi connectivity index (χ1) is 8.65. The number of nitrogens with one attached hydrogen (secondary N) is 1. The van der Waals surface area contributed by atoms with Gasteiger partial charge in [-0.3, -0.25) is 4.79 Å². The Morgan fingerprint density at radius 3 is 3.00 bits per heavy atom. The van der Waals surface area contributed by atoms with E-state index in [1.807, 2.05) is 23.7 Å². The minimum Gasteiger partial charge on any atom is -0.342 e. The van der Waals surface area contributed by atoms with Crippen LogP contribution in [0.25, 0.3) is 0 Å². The van der Waals surface area contributed by atoms with Crippen molar-refractivity contribution in [3.8, 4) is 0 Å². The van der Waals surface area contributed by atoms with Crippen molar-refractivity contribution in [3.63, 3.8) is 0 Å². The lowest BCUT2D eigenvalue weighted by Gasteiger charge is -2.29. The third kappa shape index (κ3) is 2.85. The van der Waals surface area contributed by atoms with Crippen LogP contribution in [0.5, 0.6) is 0 Å². The molecule has 0 aromatic heterocycles. The highest BCUT2D eigenvalue weighted by Gasteiger charge is 2.43. The van der Waals surface area contributed by atoms with E-state index in [-0.39, 0.29) is 6.04 Å². The maximum absolute atomic E-state index is 12.5. The summed E-state index contributed by atoms with van der Waals surface area (Å²) >= 11 is 1.85. The van der Waals surface area contributed by atoms with Gasteiger partial charge >= 0.3 is 0 Å². The van der Waals surface area contributed by atoms with Crippen LogP contribution in [0.4, 0.5) is 0 Å². The van der Waals surface area contributed by atoms with Crippen LogP contribution in [0.2, 0.25) is 0 Å². The lowest BCUT2D eigenvalue weighted by molar-refractivity contribution is -0.134. The summed E-state index contributed by atoms with van der Waals surface area (Å²) in [4.78, 5) is 14.5. The Labute approximate surface area is 115 Å². The highest BCUT2D eigenvalue weighted by molar-refractivity contribution is 7.98. The fourth-order valence-electron chi connectivity index (χ4n) is 3.38. The third-order valence-electron chi connectivity index (χ3n) is 4.76. The molecule has 4 unspecified atom stereocenters. The second-order valence-corrected chi connectivity index (χ2v) is 6.81. The fourth-order valence-corrected chi connectivity index (χ4v) is 3.95. The second-order valence-electron chi connectivity index (χ2n) is 5.82. The molecule has 1 saturated heterocycles. The summed E-state index contributed by atoms with van der Waals surface area (Å²) in [5, 5.41) is 3.45. The van der Waals surface area contributed by atoms with E-state index >= 15 is 0 Å². The van der Waals surface area contributed by atoms with Gasteiger partial charge in [0.1, 0.15) is 0 Å². The Morgan fingerprint density at radius 1 is 1.50 bits per heavy atom. The summed E-state index contributed by atoms with van der Waals surface area (Å²) in [5.74, 6) is 2.81. The second kappa shape index (κ2) is 6.29. The quantitative estimate of drug-likeness (QED) is 0.829. The molecule has 0 aromatic carbocycles. The molecular formula is C14H26N2OS. The molecule has 0 aromatic rings. The topological polar surface area (TPSA) is 32.3 Å². The van der Waals surface area contributed by atoms with Crippen LogP contribution in [-0.4, -0.2) is 48.5 Å². The molecule has 3 nitrogen and oxygen atoms in total. The highest BCUT2D eigenvalue weighted by Crippen LogP contribution is 2.38. The lowest BCUT2D eigenvalue weighted by Crippen LogP contribution is -2.48. The summed E-state index contributed by atoms with van der Waals surface area (Å²) < 4.78 is 0. The first kappa shape index (κ1) is 14.2. The Hall–Kier alpha value is -0.220. The Bertz CT molecular complexity index is 298. The normalized spacial score (nSPS) is 32.3. The Morgan fingerprint density at radius 2 is 2.28 bits per heavy atom. The number of fused-ring (bicyclic) bond motifs is 1. The molecule has 104 valence electrons. The maximum Gasteiger partial charge on any atom is 0.239 e. The summed E-state index contributed by atoms with van der Waals surface area (Å²) in [6.45, 7) is 3.21. The van der Waals surface area contributed by atoms with Gasteiger partial charge < -0.3 is 10.2 Å². The lowest BCUT2D eigenvalue weighted by atomic mass is 9.93. The number of likely N-dealkylation sites (N-methyl/N-ethyl adjacent to an activating group) is 1. The molecule has 1 aliphatic heterocycles. The first-order valence-corrected chi connectivity index (χ1v) is 8.53. The molecule has 4 heteroatoms. The molecule has 1 heterocycles. The van der Waals surface area contributed by atoms with E-state index in [1.54, 1.807) is 0 Å². The largest absolute Gasteiger partial charge is 0.342 e. The Balaban J connectivity index is 1.90. The van der Waals surface area contributed by atoms with Crippen LogP contribution in [0, 0.1) is 11.8 Å². The van der Waals surface area contributed by atoms with E-state index in [2.05, 4.69) is 18.5 Å². The van der Waals surface area contributed by atoms with Crippen LogP contribution in [0.3, 0.4) is 0 Å². The Kier molecular flexibility index (Phi) is 4.96. The minimum atomic E-state index is 0.0965. The van der Waals surface area contributed by atoms with E-state index in [1.165, 1.54) is 19.3 Å². The van der Waals surface area contributed by atoms with E-state index in [9.17, 15) is 4.79 Å². The fraction of sp³-hybridized carbons (Fsp3) is 0.929. The van der Waals surface area contributed by atoms with Gasteiger partial charge in [-0.2, -0.15) is 11.8 Å². The van der Waals surface area contributed by atoms with Gasteiger partial charge in [-0.1, -0.05) is 6.42 Å². The predicted molar refractivity (Wildman–Crippen MR) is 77.9 cm³/mol. The number of carbonyl (C=O) groups excluding carboxylic acids is 1. The zero-order valence-electron chi connectivity index (χ0n) is 11.8. The third-order valence-corrected chi connectivity index (χ3v) is 5.40. The van der Waals surface area contributed by atoms with Crippen molar-refractivity contribution >= 4 is 17.7 Å². The smallest absolute Gasteiger partial charge is 0.239 e. The van der Waals surface area contributed by atoms with Crippen LogP contribution >= 0.6 is 11.8 Å². The van der Waals surface area contributed by atoms with Crippen molar-refractivity contribution in [3.05, 3.63) is 0 Å². The van der Waals surface area contributed by atoms with Crippen LogP contribution < -0.4 is 5.32 Å². The molecular weight excluding hydrogens is 244 g/mol. The number of hydrogen-bond acceptors (Lipinski definition) is 3. The zero-order chi connectivity index (χ0) is 13.1. The monoisotopic (exact) mass is 270 g/mol. The van der Waals surface area contributed by atoms with Gasteiger partial charge in [0.05, 0.1) is 6.04 Å². The molecule has 2 rings (SSSR count). The van der Waals surface area contributed by atoms with Gasteiger partial charge in [0.25, 0.3) is 0 Å². The molecule has 0 spiro atoms. The summed E-state index contributed by atoms with van der Waals surface area (Å²) in [6.07, 6.45) is 7.07. The van der Waals surface area contributed by atoms with Crippen molar-refractivity contribution in [1.82, 2.24) is 10.2 Å². The number of carbonyl (C=O) groups is 1. The van der Waals surface area contributed by atoms with Gasteiger partial charge in [-0.25, -0.2) is 0 Å². The SMILES string of the molecule is CSCCC(C)N(C)C(=O)C1NCC2CCCC21. The molecule has 0 radical (unpaired) electrons. The zero-order valence-corrected chi connectivity index (χ0v) is 12.6. The van der Waals surface area contributed by atoms with Gasteiger partial charge in [-0.05, 0) is 56.6 Å². The number of hydrogen-bond donors (Lipinski definition) is 1. The van der Waals surface area contributed by atoms with Gasteiger partial charge in [0.2, 0.25) is 5.91 Å². The number of nitrogens with zero attached hydrogens (tertiary/aromatic N) is 1. The van der Waals surface area contributed by atoms with E-state index in [4.69, 9.17) is 0 Å². The molecule has 0 bridgehead atoms. The first-order valence-electron chi connectivity index (χ1n) is 7.14. The number of amides is 1. The molecule has 1 saturated carbocycles. The van der Waals surface area contributed by atoms with Gasteiger partial charge in [-0.15, -0.1) is 0 Å². The average molecular weight is 270 g/mol. The molecule has 1 N–H and O–H groups in total. The molecule has 2 fully saturated rings. The number of rotatable bonds is 5. The average Bonchev–Trinajstić information content (AvgIpc) is 2.96. The van der Waals surface area contributed by atoms with E-state index in [0.717, 1.165) is 24.6 Å². The van der Waals surface area contributed by atoms with Crippen molar-refractivity contribution in [2.75, 3.05) is 25.6 Å². The molecule has 1 amide bonds. The molecule has 4 atom stereocenters. The van der Waals surface area contributed by atoms with Crippen molar-refractivity contribution < 1.29 is 4.79 Å². The molecule has 1 aliphatic carbocycles. The van der Waals surface area contributed by atoms with Crippen LogP contribution in [0.15, 0.2) is 0 Å².